The number of nitrogens with one attached hydrogen (secondary N) is 1. The molecule has 25 heavy (non-hydrogen) atoms. The molecular formula is C20H29NO4. The molecule has 0 aliphatic carbocycles. The van der Waals surface area contributed by atoms with Gasteiger partial charge >= 0.3 is 5.97 Å². The lowest BCUT2D eigenvalue weighted by Crippen LogP contribution is -2.43. The van der Waals surface area contributed by atoms with Crippen LogP contribution in [-0.4, -0.2) is 38.2 Å². The van der Waals surface area contributed by atoms with E-state index in [9.17, 15) is 9.59 Å². The molecule has 1 aliphatic rings. The number of carbonyl (C=O) groups is 2. The Morgan fingerprint density at radius 2 is 1.92 bits per heavy atom. The van der Waals surface area contributed by atoms with Gasteiger partial charge in [0.15, 0.2) is 0 Å². The van der Waals surface area contributed by atoms with Gasteiger partial charge in [0.05, 0.1) is 13.0 Å². The van der Waals surface area contributed by atoms with Crippen molar-refractivity contribution in [1.82, 2.24) is 5.32 Å². The number of rotatable bonds is 2. The number of methoxy groups -OCH3 is 1. The van der Waals surface area contributed by atoms with Crippen LogP contribution in [0.1, 0.15) is 54.9 Å². The summed E-state index contributed by atoms with van der Waals surface area (Å²) in [6.07, 6.45) is 5.40. The molecule has 1 aromatic carbocycles. The Bertz CT molecular complexity index is 573. The normalized spacial score (nSPS) is 21.4. The molecule has 0 radical (unpaired) electrons. The first-order valence-electron chi connectivity index (χ1n) is 9.18. The average Bonchev–Trinajstić information content (AvgIpc) is 2.64. The molecule has 1 N–H and O–H groups in total. The Kier molecular flexibility index (Phi) is 7.92. The van der Waals surface area contributed by atoms with Crippen LogP contribution in [0.4, 0.5) is 0 Å². The first-order valence-corrected chi connectivity index (χ1v) is 9.18. The van der Waals surface area contributed by atoms with Crippen LogP contribution in [0.3, 0.4) is 0 Å². The summed E-state index contributed by atoms with van der Waals surface area (Å²) in [7, 11) is 1.38. The fourth-order valence-electron chi connectivity index (χ4n) is 3.19. The lowest BCUT2D eigenvalue weighted by atomic mass is 9.95. The van der Waals surface area contributed by atoms with Crippen molar-refractivity contribution in [2.75, 3.05) is 20.3 Å². The monoisotopic (exact) mass is 347 g/mol. The zero-order valence-corrected chi connectivity index (χ0v) is 15.3. The molecule has 0 fully saturated rings. The molecule has 2 rings (SSSR count). The maximum Gasteiger partial charge on any atom is 0.310 e. The summed E-state index contributed by atoms with van der Waals surface area (Å²) >= 11 is 0. The van der Waals surface area contributed by atoms with Crippen LogP contribution in [0.5, 0.6) is 0 Å². The van der Waals surface area contributed by atoms with Crippen LogP contribution in [0.25, 0.3) is 0 Å². The van der Waals surface area contributed by atoms with E-state index in [1.807, 2.05) is 31.2 Å². The maximum absolute atomic E-state index is 12.8. The first-order chi connectivity index (χ1) is 12.1. The third-order valence-electron chi connectivity index (χ3n) is 4.79. The molecule has 138 valence electrons. The number of benzene rings is 1. The van der Waals surface area contributed by atoms with Gasteiger partial charge in [-0.25, -0.2) is 0 Å². The second kappa shape index (κ2) is 10.2. The number of carbonyl (C=O) groups excluding carboxylic acids is 2. The molecule has 0 saturated carbocycles. The summed E-state index contributed by atoms with van der Waals surface area (Å²) in [5.41, 5.74) is 1.74. The number of amides is 1. The van der Waals surface area contributed by atoms with Crippen molar-refractivity contribution in [2.45, 2.75) is 51.5 Å². The number of esters is 1. The molecule has 0 spiro atoms. The zero-order valence-electron chi connectivity index (χ0n) is 15.3. The highest BCUT2D eigenvalue weighted by Crippen LogP contribution is 2.17. The molecule has 1 unspecified atom stereocenters. The highest BCUT2D eigenvalue weighted by molar-refractivity contribution is 5.96. The standard InChI is InChI=1S/C20H29NO4/c1-15(20(23)24-2)18-12-6-8-14-25-13-7-5-10-16-9-3-4-11-17(16)19(22)21-18/h3-4,9,11,15,18H,5-8,10,12-14H2,1-2H3,(H,21,22)/t15?,18-/m0/s1. The van der Waals surface area contributed by atoms with Crippen LogP contribution in [0, 0.1) is 5.92 Å². The highest BCUT2D eigenvalue weighted by Gasteiger charge is 2.27. The highest BCUT2D eigenvalue weighted by atomic mass is 16.5. The van der Waals surface area contributed by atoms with Crippen molar-refractivity contribution in [3.8, 4) is 0 Å². The van der Waals surface area contributed by atoms with Gasteiger partial charge in [-0.3, -0.25) is 9.59 Å². The number of ether oxygens (including phenoxy) is 2. The van der Waals surface area contributed by atoms with E-state index in [1.165, 1.54) is 7.11 Å². The minimum atomic E-state index is -0.380. The van der Waals surface area contributed by atoms with Gasteiger partial charge in [-0.1, -0.05) is 18.2 Å². The number of aryl methyl sites for hydroxylation is 1. The van der Waals surface area contributed by atoms with E-state index in [0.717, 1.165) is 57.3 Å². The van der Waals surface area contributed by atoms with E-state index in [-0.39, 0.29) is 23.8 Å². The van der Waals surface area contributed by atoms with Gasteiger partial charge in [0.25, 0.3) is 5.91 Å². The lowest BCUT2D eigenvalue weighted by molar-refractivity contribution is -0.145. The summed E-state index contributed by atoms with van der Waals surface area (Å²) in [6, 6.07) is 7.45. The molecule has 0 bridgehead atoms. The first kappa shape index (κ1) is 19.4. The van der Waals surface area contributed by atoms with Crippen molar-refractivity contribution in [2.24, 2.45) is 5.92 Å². The number of hydrogen-bond acceptors (Lipinski definition) is 4. The van der Waals surface area contributed by atoms with Gasteiger partial charge in [-0.2, -0.15) is 0 Å². The second-order valence-corrected chi connectivity index (χ2v) is 6.61. The molecule has 0 aromatic heterocycles. The minimum absolute atomic E-state index is 0.107. The molecule has 1 heterocycles. The number of fused-ring (bicyclic) bond motifs is 1. The van der Waals surface area contributed by atoms with E-state index in [0.29, 0.717) is 5.56 Å². The smallest absolute Gasteiger partial charge is 0.310 e. The molecule has 1 aromatic rings. The van der Waals surface area contributed by atoms with Crippen molar-refractivity contribution in [3.05, 3.63) is 35.4 Å². The quantitative estimate of drug-likeness (QED) is 0.835. The Morgan fingerprint density at radius 1 is 1.20 bits per heavy atom. The van der Waals surface area contributed by atoms with Gasteiger partial charge in [0, 0.05) is 24.8 Å². The second-order valence-electron chi connectivity index (χ2n) is 6.61. The summed E-state index contributed by atoms with van der Waals surface area (Å²) in [4.78, 5) is 24.8. The van der Waals surface area contributed by atoms with Crippen LogP contribution < -0.4 is 5.32 Å². The largest absolute Gasteiger partial charge is 0.469 e. The molecule has 1 aliphatic heterocycles. The summed E-state index contributed by atoms with van der Waals surface area (Å²) in [6.45, 7) is 3.29. The predicted octanol–water partition coefficient (Wildman–Crippen LogP) is 3.12. The van der Waals surface area contributed by atoms with Gasteiger partial charge < -0.3 is 14.8 Å². The average molecular weight is 347 g/mol. The fraction of sp³-hybridized carbons (Fsp3) is 0.600. The van der Waals surface area contributed by atoms with Crippen LogP contribution in [0.2, 0.25) is 0 Å². The van der Waals surface area contributed by atoms with Gasteiger partial charge in [-0.05, 0) is 57.1 Å². The molecule has 0 saturated heterocycles. The lowest BCUT2D eigenvalue weighted by Gasteiger charge is -2.24. The molecule has 2 atom stereocenters. The van der Waals surface area contributed by atoms with E-state index in [1.54, 1.807) is 0 Å². The molecular weight excluding hydrogens is 318 g/mol. The third kappa shape index (κ3) is 5.85. The van der Waals surface area contributed by atoms with Gasteiger partial charge in [-0.15, -0.1) is 0 Å². The maximum atomic E-state index is 12.8. The van der Waals surface area contributed by atoms with Gasteiger partial charge in [0.2, 0.25) is 0 Å². The van der Waals surface area contributed by atoms with E-state index in [2.05, 4.69) is 5.32 Å². The molecule has 5 heteroatoms. The zero-order chi connectivity index (χ0) is 18.1. The number of hydrogen-bond donors (Lipinski definition) is 1. The van der Waals surface area contributed by atoms with Crippen molar-refractivity contribution >= 4 is 11.9 Å². The summed E-state index contributed by atoms with van der Waals surface area (Å²) < 4.78 is 10.5. The summed E-state index contributed by atoms with van der Waals surface area (Å²) in [5.74, 6) is -0.782. The van der Waals surface area contributed by atoms with Crippen molar-refractivity contribution in [1.29, 1.82) is 0 Å². The van der Waals surface area contributed by atoms with E-state index in [4.69, 9.17) is 9.47 Å². The Balaban J connectivity index is 2.19. The predicted molar refractivity (Wildman–Crippen MR) is 96.5 cm³/mol. The van der Waals surface area contributed by atoms with Gasteiger partial charge in [0.1, 0.15) is 0 Å². The van der Waals surface area contributed by atoms with E-state index >= 15 is 0 Å². The minimum Gasteiger partial charge on any atom is -0.469 e. The topological polar surface area (TPSA) is 64.6 Å². The molecule has 5 nitrogen and oxygen atoms in total. The van der Waals surface area contributed by atoms with Crippen LogP contribution in [0.15, 0.2) is 24.3 Å². The van der Waals surface area contributed by atoms with Crippen LogP contribution in [-0.2, 0) is 20.7 Å². The molecule has 1 amide bonds. The van der Waals surface area contributed by atoms with Crippen LogP contribution >= 0.6 is 0 Å². The Hall–Kier alpha value is -1.88. The Morgan fingerprint density at radius 3 is 2.68 bits per heavy atom. The third-order valence-corrected chi connectivity index (χ3v) is 4.79. The summed E-state index contributed by atoms with van der Waals surface area (Å²) in [5, 5.41) is 3.06. The van der Waals surface area contributed by atoms with Crippen molar-refractivity contribution in [3.63, 3.8) is 0 Å². The SMILES string of the molecule is COC(=O)C(C)[C@@H]1CCCCOCCCCc2ccccc2C(=O)N1. The van der Waals surface area contributed by atoms with Crippen molar-refractivity contribution < 1.29 is 19.1 Å². The Labute approximate surface area is 150 Å². The van der Waals surface area contributed by atoms with E-state index < -0.39 is 0 Å². The fourth-order valence-corrected chi connectivity index (χ4v) is 3.19.